The van der Waals surface area contributed by atoms with Crippen LogP contribution >= 0.6 is 11.6 Å². The summed E-state index contributed by atoms with van der Waals surface area (Å²) in [6.45, 7) is 0. The van der Waals surface area contributed by atoms with Crippen LogP contribution in [0.3, 0.4) is 0 Å². The van der Waals surface area contributed by atoms with Crippen molar-refractivity contribution in [2.24, 2.45) is 0 Å². The van der Waals surface area contributed by atoms with Crippen molar-refractivity contribution in [1.29, 1.82) is 0 Å². The number of hydrogen-bond donors (Lipinski definition) is 0. The molecule has 0 radical (unpaired) electrons. The van der Waals surface area contributed by atoms with Crippen molar-refractivity contribution in [2.45, 2.75) is 6.42 Å². The Balaban J connectivity index is 2.46. The molecule has 17 heavy (non-hydrogen) atoms. The predicted octanol–water partition coefficient (Wildman–Crippen LogP) is 2.21. The van der Waals surface area contributed by atoms with E-state index in [1.807, 2.05) is 0 Å². The lowest BCUT2D eigenvalue weighted by atomic mass is 10.2. The Morgan fingerprint density at radius 2 is 2.24 bits per heavy atom. The molecule has 1 aromatic carbocycles. The van der Waals surface area contributed by atoms with Crippen LogP contribution in [0.1, 0.15) is 5.76 Å². The Bertz CT molecular complexity index is 564. The van der Waals surface area contributed by atoms with Crippen molar-refractivity contribution < 1.29 is 18.8 Å². The van der Waals surface area contributed by atoms with Crippen LogP contribution in [0.5, 0.6) is 5.75 Å². The quantitative estimate of drug-likeness (QED) is 0.787. The molecule has 5 nitrogen and oxygen atoms in total. The Labute approximate surface area is 102 Å². The summed E-state index contributed by atoms with van der Waals surface area (Å²) in [5.74, 6) is 0.545. The van der Waals surface area contributed by atoms with Crippen molar-refractivity contribution in [1.82, 2.24) is 5.16 Å². The van der Waals surface area contributed by atoms with Crippen molar-refractivity contribution in [3.63, 3.8) is 0 Å². The number of benzene rings is 1. The van der Waals surface area contributed by atoms with Crippen molar-refractivity contribution in [2.75, 3.05) is 14.2 Å². The van der Waals surface area contributed by atoms with Gasteiger partial charge in [-0.3, -0.25) is 4.79 Å². The van der Waals surface area contributed by atoms with E-state index in [9.17, 15) is 4.79 Å². The number of carbonyl (C=O) groups excluding carboxylic acids is 1. The van der Waals surface area contributed by atoms with Gasteiger partial charge in [0.25, 0.3) is 0 Å². The number of nitrogens with zero attached hydrogens (tertiary/aromatic N) is 1. The van der Waals surface area contributed by atoms with Gasteiger partial charge < -0.3 is 14.0 Å². The minimum absolute atomic E-state index is 0.0235. The molecule has 0 unspecified atom stereocenters. The number of esters is 1. The molecule has 90 valence electrons. The SMILES string of the molecule is COC(=O)Cc1onc2cc(OC)c(Cl)cc12. The van der Waals surface area contributed by atoms with Crippen LogP contribution in [-0.2, 0) is 16.0 Å². The summed E-state index contributed by atoms with van der Waals surface area (Å²) in [5, 5.41) is 4.96. The fourth-order valence-corrected chi connectivity index (χ4v) is 1.72. The third-order valence-electron chi connectivity index (χ3n) is 2.36. The maximum Gasteiger partial charge on any atom is 0.313 e. The highest BCUT2D eigenvalue weighted by molar-refractivity contribution is 6.32. The Kier molecular flexibility index (Phi) is 3.19. The Morgan fingerprint density at radius 1 is 1.47 bits per heavy atom. The summed E-state index contributed by atoms with van der Waals surface area (Å²) in [4.78, 5) is 11.2. The molecule has 0 N–H and O–H groups in total. The number of carbonyl (C=O) groups is 1. The van der Waals surface area contributed by atoms with Gasteiger partial charge in [-0.05, 0) is 6.07 Å². The standard InChI is InChI=1S/C11H10ClNO4/c1-15-10-4-8-6(3-7(10)12)9(17-13-8)5-11(14)16-2/h3-4H,5H2,1-2H3. The van der Waals surface area contributed by atoms with Gasteiger partial charge >= 0.3 is 5.97 Å². The molecule has 0 fully saturated rings. The molecule has 6 heteroatoms. The van der Waals surface area contributed by atoms with Gasteiger partial charge in [0, 0.05) is 11.5 Å². The summed E-state index contributed by atoms with van der Waals surface area (Å²) in [7, 11) is 2.83. The molecular weight excluding hydrogens is 246 g/mol. The van der Waals surface area contributed by atoms with Crippen LogP contribution in [0.15, 0.2) is 16.7 Å². The number of fused-ring (bicyclic) bond motifs is 1. The highest BCUT2D eigenvalue weighted by Gasteiger charge is 2.15. The highest BCUT2D eigenvalue weighted by Crippen LogP contribution is 2.31. The van der Waals surface area contributed by atoms with Crippen LogP contribution in [0.2, 0.25) is 5.02 Å². The molecule has 2 aromatic rings. The van der Waals surface area contributed by atoms with Crippen molar-refractivity contribution in [3.05, 3.63) is 22.9 Å². The Hall–Kier alpha value is -1.75. The first-order chi connectivity index (χ1) is 8.15. The predicted molar refractivity (Wildman–Crippen MR) is 61.3 cm³/mol. The van der Waals surface area contributed by atoms with E-state index in [-0.39, 0.29) is 6.42 Å². The van der Waals surface area contributed by atoms with E-state index in [1.54, 1.807) is 12.1 Å². The zero-order valence-corrected chi connectivity index (χ0v) is 10.1. The van der Waals surface area contributed by atoms with Crippen LogP contribution in [-0.4, -0.2) is 25.3 Å². The van der Waals surface area contributed by atoms with Gasteiger partial charge in [-0.25, -0.2) is 0 Å². The topological polar surface area (TPSA) is 61.6 Å². The second-order valence-electron chi connectivity index (χ2n) is 3.36. The van der Waals surface area contributed by atoms with Gasteiger partial charge in [0.1, 0.15) is 17.7 Å². The van der Waals surface area contributed by atoms with Crippen LogP contribution in [0.4, 0.5) is 0 Å². The third-order valence-corrected chi connectivity index (χ3v) is 2.65. The van der Waals surface area contributed by atoms with E-state index in [0.29, 0.717) is 27.4 Å². The smallest absolute Gasteiger partial charge is 0.313 e. The Morgan fingerprint density at radius 3 is 2.88 bits per heavy atom. The summed E-state index contributed by atoms with van der Waals surface area (Å²) >= 11 is 5.99. The van der Waals surface area contributed by atoms with Crippen LogP contribution < -0.4 is 4.74 Å². The maximum absolute atomic E-state index is 11.2. The molecule has 1 heterocycles. The zero-order chi connectivity index (χ0) is 12.4. The third kappa shape index (κ3) is 2.19. The molecule has 0 aliphatic rings. The van der Waals surface area contributed by atoms with E-state index in [1.165, 1.54) is 14.2 Å². The fourth-order valence-electron chi connectivity index (χ4n) is 1.48. The number of ether oxygens (including phenoxy) is 2. The maximum atomic E-state index is 11.2. The number of aromatic nitrogens is 1. The molecule has 0 spiro atoms. The monoisotopic (exact) mass is 255 g/mol. The van der Waals surface area contributed by atoms with Gasteiger partial charge in [-0.1, -0.05) is 16.8 Å². The van der Waals surface area contributed by atoms with Gasteiger partial charge in [0.15, 0.2) is 5.76 Å². The molecule has 0 bridgehead atoms. The average Bonchev–Trinajstić information content (AvgIpc) is 2.70. The molecular formula is C11H10ClNO4. The first kappa shape index (κ1) is 11.7. The van der Waals surface area contributed by atoms with E-state index >= 15 is 0 Å². The lowest BCUT2D eigenvalue weighted by Crippen LogP contribution is -2.03. The fraction of sp³-hybridized carbons (Fsp3) is 0.273. The van der Waals surface area contributed by atoms with Crippen molar-refractivity contribution in [3.8, 4) is 5.75 Å². The average molecular weight is 256 g/mol. The van der Waals surface area contributed by atoms with Gasteiger partial charge in [0.05, 0.1) is 19.2 Å². The lowest BCUT2D eigenvalue weighted by Gasteiger charge is -2.01. The molecule has 0 aliphatic carbocycles. The van der Waals surface area contributed by atoms with Gasteiger partial charge in [-0.15, -0.1) is 0 Å². The molecule has 0 atom stereocenters. The summed E-state index contributed by atoms with van der Waals surface area (Å²) in [6, 6.07) is 3.31. The number of methoxy groups -OCH3 is 2. The van der Waals surface area contributed by atoms with Gasteiger partial charge in [-0.2, -0.15) is 0 Å². The molecule has 0 aliphatic heterocycles. The normalized spacial score (nSPS) is 10.5. The second kappa shape index (κ2) is 4.63. The van der Waals surface area contributed by atoms with Crippen LogP contribution in [0, 0.1) is 0 Å². The highest BCUT2D eigenvalue weighted by atomic mass is 35.5. The second-order valence-corrected chi connectivity index (χ2v) is 3.77. The van der Waals surface area contributed by atoms with E-state index in [4.69, 9.17) is 20.9 Å². The molecule has 0 amide bonds. The minimum atomic E-state index is -0.394. The molecule has 0 saturated carbocycles. The number of rotatable bonds is 3. The van der Waals surface area contributed by atoms with Crippen molar-refractivity contribution >= 4 is 28.5 Å². The lowest BCUT2D eigenvalue weighted by molar-refractivity contribution is -0.140. The van der Waals surface area contributed by atoms with E-state index in [0.717, 1.165) is 0 Å². The number of hydrogen-bond acceptors (Lipinski definition) is 5. The summed E-state index contributed by atoms with van der Waals surface area (Å²) in [5.41, 5.74) is 0.588. The van der Waals surface area contributed by atoms with E-state index in [2.05, 4.69) is 9.89 Å². The molecule has 1 aromatic heterocycles. The minimum Gasteiger partial charge on any atom is -0.495 e. The first-order valence-corrected chi connectivity index (χ1v) is 5.22. The molecule has 2 rings (SSSR count). The largest absolute Gasteiger partial charge is 0.495 e. The summed E-state index contributed by atoms with van der Waals surface area (Å²) in [6.07, 6.45) is 0.0235. The zero-order valence-electron chi connectivity index (χ0n) is 9.32. The van der Waals surface area contributed by atoms with E-state index < -0.39 is 5.97 Å². The molecule has 0 saturated heterocycles. The summed E-state index contributed by atoms with van der Waals surface area (Å²) < 4.78 is 14.7. The first-order valence-electron chi connectivity index (χ1n) is 4.84. The number of halogens is 1. The van der Waals surface area contributed by atoms with Crippen LogP contribution in [0.25, 0.3) is 10.9 Å². The van der Waals surface area contributed by atoms with Gasteiger partial charge in [0.2, 0.25) is 0 Å².